The first-order chi connectivity index (χ1) is 8.31. The van der Waals surface area contributed by atoms with Gasteiger partial charge in [0.15, 0.2) is 0 Å². The Morgan fingerprint density at radius 1 is 1.24 bits per heavy atom. The minimum Gasteiger partial charge on any atom is -0.465 e. The van der Waals surface area contributed by atoms with E-state index in [4.69, 9.17) is 4.74 Å². The Balaban J connectivity index is 1.76. The molecule has 0 amide bonds. The van der Waals surface area contributed by atoms with Gasteiger partial charge < -0.3 is 10.1 Å². The van der Waals surface area contributed by atoms with E-state index in [1.54, 1.807) is 0 Å². The van der Waals surface area contributed by atoms with Gasteiger partial charge in [-0.3, -0.25) is 4.79 Å². The van der Waals surface area contributed by atoms with Gasteiger partial charge in [0.2, 0.25) is 0 Å². The second-order valence-electron chi connectivity index (χ2n) is 5.47. The zero-order valence-electron chi connectivity index (χ0n) is 10.9. The van der Waals surface area contributed by atoms with Gasteiger partial charge in [-0.05, 0) is 38.0 Å². The van der Waals surface area contributed by atoms with Crippen molar-refractivity contribution in [2.75, 3.05) is 6.61 Å². The molecule has 98 valence electrons. The van der Waals surface area contributed by atoms with Crippen molar-refractivity contribution in [3.05, 3.63) is 0 Å². The molecule has 1 heterocycles. The zero-order valence-corrected chi connectivity index (χ0v) is 10.9. The average Bonchev–Trinajstić information content (AvgIpc) is 2.38. The molecule has 3 nitrogen and oxygen atoms in total. The number of fused-ring (bicyclic) bond motifs is 1. The minimum atomic E-state index is -0.0359. The van der Waals surface area contributed by atoms with Gasteiger partial charge in [-0.15, -0.1) is 0 Å². The van der Waals surface area contributed by atoms with Gasteiger partial charge in [-0.1, -0.05) is 26.2 Å². The maximum Gasteiger partial charge on any atom is 0.323 e. The zero-order chi connectivity index (χ0) is 12.1. The monoisotopic (exact) mass is 239 g/mol. The van der Waals surface area contributed by atoms with Crippen LogP contribution in [0.5, 0.6) is 0 Å². The number of carbonyl (C=O) groups is 1. The second-order valence-corrected chi connectivity index (χ2v) is 5.47. The molecule has 3 unspecified atom stereocenters. The Morgan fingerprint density at radius 2 is 2.06 bits per heavy atom. The quantitative estimate of drug-likeness (QED) is 0.605. The summed E-state index contributed by atoms with van der Waals surface area (Å²) >= 11 is 0. The van der Waals surface area contributed by atoms with Crippen molar-refractivity contribution in [2.24, 2.45) is 5.92 Å². The molecule has 1 aliphatic carbocycles. The molecule has 0 radical (unpaired) electrons. The summed E-state index contributed by atoms with van der Waals surface area (Å²) in [7, 11) is 0. The maximum absolute atomic E-state index is 11.9. The molecule has 0 bridgehead atoms. The Bertz CT molecular complexity index is 255. The Hall–Kier alpha value is -0.570. The fourth-order valence-corrected chi connectivity index (χ4v) is 3.10. The molecule has 1 aliphatic heterocycles. The first-order valence-corrected chi connectivity index (χ1v) is 7.24. The van der Waals surface area contributed by atoms with Crippen LogP contribution in [0.25, 0.3) is 0 Å². The molecule has 2 fully saturated rings. The predicted molar refractivity (Wildman–Crippen MR) is 67.8 cm³/mol. The van der Waals surface area contributed by atoms with Gasteiger partial charge in [0.1, 0.15) is 6.04 Å². The highest BCUT2D eigenvalue weighted by Gasteiger charge is 2.34. The Morgan fingerprint density at radius 3 is 2.88 bits per heavy atom. The molecule has 1 saturated heterocycles. The number of piperidine rings is 1. The SMILES string of the molecule is CCCCOC(=O)C1CCC2CCCCC2N1. The predicted octanol–water partition coefficient (Wildman–Crippen LogP) is 2.64. The number of hydrogen-bond acceptors (Lipinski definition) is 3. The lowest BCUT2D eigenvalue weighted by molar-refractivity contribution is -0.147. The summed E-state index contributed by atoms with van der Waals surface area (Å²) in [5.41, 5.74) is 0. The van der Waals surface area contributed by atoms with E-state index in [2.05, 4.69) is 12.2 Å². The van der Waals surface area contributed by atoms with E-state index in [9.17, 15) is 4.79 Å². The smallest absolute Gasteiger partial charge is 0.323 e. The molecule has 0 spiro atoms. The number of unbranched alkanes of at least 4 members (excludes halogenated alkanes) is 1. The summed E-state index contributed by atoms with van der Waals surface area (Å²) in [6.07, 6.45) is 9.48. The fraction of sp³-hybridized carbons (Fsp3) is 0.929. The maximum atomic E-state index is 11.9. The topological polar surface area (TPSA) is 38.3 Å². The summed E-state index contributed by atoms with van der Waals surface area (Å²) < 4.78 is 5.30. The van der Waals surface area contributed by atoms with E-state index in [-0.39, 0.29) is 12.0 Å². The lowest BCUT2D eigenvalue weighted by atomic mass is 9.78. The third-order valence-electron chi connectivity index (χ3n) is 4.18. The Labute approximate surface area is 104 Å². The van der Waals surface area contributed by atoms with E-state index in [0.29, 0.717) is 12.6 Å². The molecule has 2 aliphatic rings. The summed E-state index contributed by atoms with van der Waals surface area (Å²) in [5.74, 6) is 0.783. The molecule has 3 atom stereocenters. The molecular formula is C14H25NO2. The van der Waals surface area contributed by atoms with Crippen LogP contribution in [0.2, 0.25) is 0 Å². The summed E-state index contributed by atoms with van der Waals surface area (Å²) in [5, 5.41) is 3.51. The lowest BCUT2D eigenvalue weighted by Crippen LogP contribution is -2.52. The van der Waals surface area contributed by atoms with Gasteiger partial charge in [0.05, 0.1) is 6.61 Å². The normalized spacial score (nSPS) is 32.9. The van der Waals surface area contributed by atoms with Gasteiger partial charge in [0, 0.05) is 6.04 Å². The standard InChI is InChI=1S/C14H25NO2/c1-2-3-10-17-14(16)13-9-8-11-6-4-5-7-12(11)15-13/h11-13,15H,2-10H2,1H3. The molecule has 0 aromatic carbocycles. The van der Waals surface area contributed by atoms with Crippen LogP contribution < -0.4 is 5.32 Å². The molecule has 1 N–H and O–H groups in total. The molecule has 0 aromatic heterocycles. The minimum absolute atomic E-state index is 0.0255. The number of nitrogens with one attached hydrogen (secondary N) is 1. The van der Waals surface area contributed by atoms with E-state index >= 15 is 0 Å². The Kier molecular flexibility index (Phi) is 4.84. The van der Waals surface area contributed by atoms with Gasteiger partial charge in [-0.2, -0.15) is 0 Å². The number of esters is 1. The van der Waals surface area contributed by atoms with Crippen molar-refractivity contribution in [3.8, 4) is 0 Å². The van der Waals surface area contributed by atoms with Crippen LogP contribution in [0, 0.1) is 5.92 Å². The van der Waals surface area contributed by atoms with Crippen LogP contribution in [-0.2, 0) is 9.53 Å². The largest absolute Gasteiger partial charge is 0.465 e. The summed E-state index contributed by atoms with van der Waals surface area (Å²) in [6.45, 7) is 2.70. The highest BCUT2D eigenvalue weighted by atomic mass is 16.5. The third-order valence-corrected chi connectivity index (χ3v) is 4.18. The van der Waals surface area contributed by atoms with E-state index in [1.807, 2.05) is 0 Å². The number of hydrogen-bond donors (Lipinski definition) is 1. The molecule has 2 rings (SSSR count). The highest BCUT2D eigenvalue weighted by molar-refractivity contribution is 5.75. The van der Waals surface area contributed by atoms with Crippen LogP contribution in [0.15, 0.2) is 0 Å². The van der Waals surface area contributed by atoms with E-state index < -0.39 is 0 Å². The fourth-order valence-electron chi connectivity index (χ4n) is 3.10. The van der Waals surface area contributed by atoms with E-state index in [1.165, 1.54) is 32.1 Å². The van der Waals surface area contributed by atoms with E-state index in [0.717, 1.165) is 25.2 Å². The molecule has 17 heavy (non-hydrogen) atoms. The number of carbonyl (C=O) groups excluding carboxylic acids is 1. The van der Waals surface area contributed by atoms with Crippen molar-refractivity contribution < 1.29 is 9.53 Å². The molecule has 3 heteroatoms. The van der Waals surface area contributed by atoms with Crippen molar-refractivity contribution in [1.82, 2.24) is 5.32 Å². The van der Waals surface area contributed by atoms with Crippen molar-refractivity contribution in [2.45, 2.75) is 70.4 Å². The summed E-state index contributed by atoms with van der Waals surface area (Å²) in [4.78, 5) is 11.9. The van der Waals surface area contributed by atoms with Crippen LogP contribution >= 0.6 is 0 Å². The van der Waals surface area contributed by atoms with Gasteiger partial charge in [-0.25, -0.2) is 0 Å². The molecule has 0 aromatic rings. The molecular weight excluding hydrogens is 214 g/mol. The average molecular weight is 239 g/mol. The first kappa shape index (κ1) is 12.9. The van der Waals surface area contributed by atoms with Crippen LogP contribution in [0.1, 0.15) is 58.3 Å². The van der Waals surface area contributed by atoms with Crippen molar-refractivity contribution >= 4 is 5.97 Å². The number of rotatable bonds is 4. The van der Waals surface area contributed by atoms with Gasteiger partial charge in [0.25, 0.3) is 0 Å². The van der Waals surface area contributed by atoms with Crippen LogP contribution in [0.3, 0.4) is 0 Å². The molecule has 1 saturated carbocycles. The van der Waals surface area contributed by atoms with Crippen LogP contribution in [-0.4, -0.2) is 24.7 Å². The van der Waals surface area contributed by atoms with Crippen molar-refractivity contribution in [3.63, 3.8) is 0 Å². The van der Waals surface area contributed by atoms with Crippen LogP contribution in [0.4, 0.5) is 0 Å². The first-order valence-electron chi connectivity index (χ1n) is 7.24. The second kappa shape index (κ2) is 6.39. The third kappa shape index (κ3) is 3.44. The summed E-state index contributed by atoms with van der Waals surface area (Å²) in [6, 6.07) is 0.535. The van der Waals surface area contributed by atoms with Crippen molar-refractivity contribution in [1.29, 1.82) is 0 Å². The van der Waals surface area contributed by atoms with Gasteiger partial charge >= 0.3 is 5.97 Å². The highest BCUT2D eigenvalue weighted by Crippen LogP contribution is 2.32. The number of ether oxygens (including phenoxy) is 1. The lowest BCUT2D eigenvalue weighted by Gasteiger charge is -2.39.